The molecule has 8 amide bonds. The minimum Gasteiger partial charge on any atom is -0.496 e. The molecule has 0 radical (unpaired) electrons. The molecule has 25 nitrogen and oxygen atoms in total. The number of likely N-dealkylation sites (N-methyl/N-ethyl adjacent to an activating group) is 1. The van der Waals surface area contributed by atoms with Crippen LogP contribution in [0.5, 0.6) is 46.0 Å². The Labute approximate surface area is 836 Å². The first-order valence-corrected chi connectivity index (χ1v) is 49.4. The van der Waals surface area contributed by atoms with Crippen LogP contribution in [0, 0.1) is 5.92 Å². The van der Waals surface area contributed by atoms with Crippen molar-refractivity contribution >= 4 is 47.3 Å². The second kappa shape index (κ2) is 62.1. The molecule has 1 aliphatic carbocycles. The summed E-state index contributed by atoms with van der Waals surface area (Å²) in [4.78, 5) is 101. The van der Waals surface area contributed by atoms with Gasteiger partial charge in [-0.15, -0.1) is 0 Å². The molecule has 1 saturated carbocycles. The fourth-order valence-corrected chi connectivity index (χ4v) is 15.4. The van der Waals surface area contributed by atoms with E-state index in [1.54, 1.807) is 106 Å². The molecule has 2 aliphatic heterocycles. The van der Waals surface area contributed by atoms with E-state index in [0.717, 1.165) is 172 Å². The lowest BCUT2D eigenvalue weighted by atomic mass is 9.98. The number of carbonyl (C=O) groups excluding carboxylic acids is 8. The monoisotopic (exact) mass is 1940 g/mol. The third kappa shape index (κ3) is 38.8. The molecule has 2 saturated heterocycles. The zero-order chi connectivity index (χ0) is 105. The van der Waals surface area contributed by atoms with Crippen molar-refractivity contribution in [2.75, 3.05) is 137 Å². The SMILES string of the molecule is CCNC(=O)c1ccc(OC)c(C(C)C)c1.CNC(=O)c1ccc(OC)c(C(C)C)c1.COc1ccc(C(=O)N2CCC2)cc1C(C)C.COc1ccc(C(=O)N2CCCC2)cc1C(C)C.COc1ccc(C(=O)NC2CCCC2)cc1C(C)C.COc1ccc(C(=O)NCC(C)C)cc1C(C)C.COc1ccc(C(=O)NCC(C)F)cc1C(C)C.COc1ccc(C(=O)NCCN(C)C)cc1C(C)C. The highest BCUT2D eigenvalue weighted by Crippen LogP contribution is 2.36. The largest absolute Gasteiger partial charge is 0.496 e. The molecule has 770 valence electrons. The van der Waals surface area contributed by atoms with Crippen LogP contribution in [0.1, 0.15) is 358 Å². The Morgan fingerprint density at radius 3 is 0.786 bits per heavy atom. The van der Waals surface area contributed by atoms with Crippen LogP contribution < -0.4 is 69.8 Å². The lowest BCUT2D eigenvalue weighted by Crippen LogP contribution is -2.42. The normalized spacial score (nSPS) is 12.6. The van der Waals surface area contributed by atoms with Crippen molar-refractivity contribution in [2.45, 2.75) is 243 Å². The van der Waals surface area contributed by atoms with Gasteiger partial charge in [0.15, 0.2) is 0 Å². The van der Waals surface area contributed by atoms with Gasteiger partial charge in [-0.05, 0) is 303 Å². The van der Waals surface area contributed by atoms with Crippen LogP contribution >= 0.6 is 0 Å². The molecule has 11 rings (SSSR count). The van der Waals surface area contributed by atoms with Gasteiger partial charge in [0.25, 0.3) is 47.3 Å². The summed E-state index contributed by atoms with van der Waals surface area (Å²) in [6.07, 6.45) is 7.00. The number of rotatable bonds is 33. The van der Waals surface area contributed by atoms with Gasteiger partial charge in [-0.3, -0.25) is 38.4 Å². The summed E-state index contributed by atoms with van der Waals surface area (Å²) in [5.41, 5.74) is 14.0. The predicted molar refractivity (Wildman–Crippen MR) is 564 cm³/mol. The number of nitrogens with zero attached hydrogens (tertiary/aromatic N) is 3. The molecule has 1 atom stereocenters. The second-order valence-electron chi connectivity index (χ2n) is 38.1. The number of nitrogens with one attached hydrogen (secondary N) is 6. The number of alkyl halides is 1. The first kappa shape index (κ1) is 120. The van der Waals surface area contributed by atoms with Crippen molar-refractivity contribution in [2.24, 2.45) is 5.92 Å². The molecule has 140 heavy (non-hydrogen) atoms. The Morgan fingerprint density at radius 2 is 0.557 bits per heavy atom. The highest BCUT2D eigenvalue weighted by molar-refractivity contribution is 5.99. The zero-order valence-corrected chi connectivity index (χ0v) is 89.8. The molecule has 2 heterocycles. The number of hydrogen-bond acceptors (Lipinski definition) is 17. The number of carbonyl (C=O) groups is 8. The van der Waals surface area contributed by atoms with E-state index in [9.17, 15) is 42.7 Å². The lowest BCUT2D eigenvalue weighted by molar-refractivity contribution is 0.0650. The van der Waals surface area contributed by atoms with Gasteiger partial charge in [0.1, 0.15) is 52.2 Å². The van der Waals surface area contributed by atoms with Crippen LogP contribution in [0.25, 0.3) is 0 Å². The van der Waals surface area contributed by atoms with Gasteiger partial charge in [-0.1, -0.05) is 137 Å². The van der Waals surface area contributed by atoms with E-state index in [1.165, 1.54) is 19.8 Å². The standard InChI is InChI=1S/C16H23NO2.C15H24N2O2.C15H21NO2.C15H23NO2.C14H20FNO2.C14H19NO2.C13H19NO2.C12H17NO2/c1-11(2)14-10-12(8-9-15(14)19-3)16(18)17-13-6-4-5-7-13;1-11(2)13-10-12(6-7-14(13)19-5)15(18)16-8-9-17(3)4;1-11(2)13-10-12(6-7-14(13)18-3)15(17)16-8-4-5-9-16;1-10(2)9-16-15(17)12-6-7-14(18-5)13(8-12)11(3)4;1-9(2)12-7-11(5-6-13(12)18-4)14(17)16-8-10(3)15;1-10(2)12-9-11(5-6-13(12)17-3)14(16)15-7-4-8-15;1-5-14-13(15)10-6-7-12(16-4)11(8-10)9(2)3;1-8(2)10-7-9(12(14)13-3)5-6-11(10)15-4/h8-11,13H,4-7H2,1-3H3,(H,17,18);6-7,10-11H,8-9H2,1-5H3,(H,16,18);6-7,10-11H,4-5,8-9H2,1-3H3;6-8,10-11H,9H2,1-5H3,(H,16,17);5-7,9-10H,8H2,1-4H3,(H,16,17);5-6,9-10H,4,7-8H2,1-3H3;6-9H,5H2,1-4H3,(H,14,15);5-8H,1-4H3,(H,13,14). The quantitative estimate of drug-likeness (QED) is 0.0223. The Kier molecular flexibility index (Phi) is 53.3. The van der Waals surface area contributed by atoms with E-state index in [2.05, 4.69) is 143 Å². The van der Waals surface area contributed by atoms with Crippen LogP contribution in [0.4, 0.5) is 4.39 Å². The van der Waals surface area contributed by atoms with Gasteiger partial charge >= 0.3 is 0 Å². The summed E-state index contributed by atoms with van der Waals surface area (Å²) < 4.78 is 55.1. The molecule has 6 N–H and O–H groups in total. The van der Waals surface area contributed by atoms with Crippen molar-refractivity contribution in [1.82, 2.24) is 46.6 Å². The maximum atomic E-state index is 12.7. The smallest absolute Gasteiger partial charge is 0.253 e. The lowest BCUT2D eigenvalue weighted by Gasteiger charge is -2.31. The van der Waals surface area contributed by atoms with Crippen LogP contribution in [0.2, 0.25) is 0 Å². The number of amides is 8. The van der Waals surface area contributed by atoms with Gasteiger partial charge in [-0.25, -0.2) is 4.39 Å². The van der Waals surface area contributed by atoms with Crippen molar-refractivity contribution < 1.29 is 80.6 Å². The molecule has 3 aliphatic rings. The molecule has 0 bridgehead atoms. The Bertz CT molecular complexity index is 5120. The van der Waals surface area contributed by atoms with E-state index >= 15 is 0 Å². The number of hydrogen-bond donors (Lipinski definition) is 6. The number of halogens is 1. The zero-order valence-electron chi connectivity index (χ0n) is 89.8. The molecular formula is C114H166FN9O16. The first-order valence-electron chi connectivity index (χ1n) is 49.4. The van der Waals surface area contributed by atoms with Crippen molar-refractivity contribution in [3.63, 3.8) is 0 Å². The van der Waals surface area contributed by atoms with Gasteiger partial charge in [0.2, 0.25) is 0 Å². The van der Waals surface area contributed by atoms with E-state index < -0.39 is 6.17 Å². The fourth-order valence-electron chi connectivity index (χ4n) is 15.4. The maximum Gasteiger partial charge on any atom is 0.253 e. The summed E-state index contributed by atoms with van der Waals surface area (Å²) in [6.45, 7) is 47.3. The van der Waals surface area contributed by atoms with Gasteiger partial charge in [0, 0.05) is 116 Å². The molecular weight excluding hydrogens is 1770 g/mol. The van der Waals surface area contributed by atoms with Crippen molar-refractivity contribution in [3.05, 3.63) is 235 Å². The molecule has 3 fully saturated rings. The first-order chi connectivity index (χ1) is 66.4. The van der Waals surface area contributed by atoms with Crippen LogP contribution in [0.3, 0.4) is 0 Å². The average molecular weight is 1940 g/mol. The number of benzene rings is 8. The van der Waals surface area contributed by atoms with Crippen molar-refractivity contribution in [3.8, 4) is 46.0 Å². The van der Waals surface area contributed by atoms with Gasteiger partial charge in [-0.2, -0.15) is 0 Å². The number of ether oxygens (including phenoxy) is 8. The van der Waals surface area contributed by atoms with E-state index in [1.807, 2.05) is 153 Å². The Morgan fingerprint density at radius 1 is 0.321 bits per heavy atom. The van der Waals surface area contributed by atoms with E-state index in [-0.39, 0.29) is 59.7 Å². The highest BCUT2D eigenvalue weighted by atomic mass is 19.1. The van der Waals surface area contributed by atoms with Crippen molar-refractivity contribution in [1.29, 1.82) is 0 Å². The molecule has 8 aromatic carbocycles. The summed E-state index contributed by atoms with van der Waals surface area (Å²) in [7, 11) is 18.8. The van der Waals surface area contributed by atoms with Crippen LogP contribution in [-0.4, -0.2) is 211 Å². The second-order valence-corrected chi connectivity index (χ2v) is 38.1. The highest BCUT2D eigenvalue weighted by Gasteiger charge is 2.27. The maximum absolute atomic E-state index is 12.7. The summed E-state index contributed by atoms with van der Waals surface area (Å²) in [6, 6.07) is 44.9. The third-order valence-electron chi connectivity index (χ3n) is 23.7. The molecule has 8 aromatic rings. The third-order valence-corrected chi connectivity index (χ3v) is 23.7. The molecule has 26 heteroatoms. The minimum atomic E-state index is -1.04. The van der Waals surface area contributed by atoms with E-state index in [0.29, 0.717) is 101 Å². The molecule has 0 aromatic heterocycles. The Balaban J connectivity index is 0.000000334. The van der Waals surface area contributed by atoms with Gasteiger partial charge in [0.05, 0.1) is 56.9 Å². The van der Waals surface area contributed by atoms with Gasteiger partial charge < -0.3 is 84.5 Å². The number of methoxy groups -OCH3 is 8. The fraction of sp³-hybridized carbons (Fsp3) is 0.509. The summed E-state index contributed by atoms with van der Waals surface area (Å²) >= 11 is 0. The summed E-state index contributed by atoms with van der Waals surface area (Å²) in [5.74, 6) is 9.68. The van der Waals surface area contributed by atoms with E-state index in [4.69, 9.17) is 37.9 Å². The number of likely N-dealkylation sites (tertiary alicyclic amines) is 2. The summed E-state index contributed by atoms with van der Waals surface area (Å²) in [5, 5.41) is 16.9. The topological polar surface area (TPSA) is 292 Å². The molecule has 1 unspecified atom stereocenters. The Hall–Kier alpha value is -12.2. The molecule has 0 spiro atoms. The minimum absolute atomic E-state index is 0.0201. The van der Waals surface area contributed by atoms with Crippen LogP contribution in [-0.2, 0) is 0 Å². The average Bonchev–Trinajstić information content (AvgIpc) is 1.22. The van der Waals surface area contributed by atoms with Crippen LogP contribution in [0.15, 0.2) is 146 Å². The predicted octanol–water partition coefficient (Wildman–Crippen LogP) is 22.2.